The van der Waals surface area contributed by atoms with Crippen LogP contribution in [0.3, 0.4) is 0 Å². The lowest BCUT2D eigenvalue weighted by Crippen LogP contribution is -2.47. The molecule has 0 aliphatic carbocycles. The first-order chi connectivity index (χ1) is 13.0. The van der Waals surface area contributed by atoms with Gasteiger partial charge in [0.05, 0.1) is 18.1 Å². The molecular weight excluding hydrogens is 348 g/mol. The maximum atomic E-state index is 6.90. The fraction of sp³-hybridized carbons (Fsp3) is 0.261. The Morgan fingerprint density at radius 1 is 1.04 bits per heavy atom. The van der Waals surface area contributed by atoms with E-state index in [0.717, 1.165) is 12.2 Å². The lowest BCUT2D eigenvalue weighted by molar-refractivity contribution is 0.0861. The molecule has 3 rings (SSSR count). The second-order valence-corrected chi connectivity index (χ2v) is 10.2. The van der Waals surface area contributed by atoms with Crippen LogP contribution in [0, 0.1) is 5.41 Å². The van der Waals surface area contributed by atoms with Gasteiger partial charge in [-0.25, -0.2) is 4.98 Å². The van der Waals surface area contributed by atoms with Gasteiger partial charge in [0.1, 0.15) is 0 Å². The van der Waals surface area contributed by atoms with Gasteiger partial charge in [-0.1, -0.05) is 87.5 Å². The van der Waals surface area contributed by atoms with Crippen LogP contribution in [0.4, 0.5) is 0 Å². The van der Waals surface area contributed by atoms with Gasteiger partial charge in [-0.3, -0.25) is 0 Å². The van der Waals surface area contributed by atoms with E-state index in [2.05, 4.69) is 99.2 Å². The number of rotatable bonds is 7. The molecule has 0 N–H and O–H groups in total. The van der Waals surface area contributed by atoms with Gasteiger partial charge >= 0.3 is 0 Å². The fourth-order valence-corrected chi connectivity index (χ4v) is 5.88. The van der Waals surface area contributed by atoms with Crippen LogP contribution in [-0.4, -0.2) is 18.6 Å². The van der Waals surface area contributed by atoms with E-state index in [0.29, 0.717) is 0 Å². The summed E-state index contributed by atoms with van der Waals surface area (Å²) in [4.78, 5) is 4.65. The Morgan fingerprint density at radius 3 is 2.07 bits per heavy atom. The van der Waals surface area contributed by atoms with Crippen LogP contribution in [0.1, 0.15) is 32.6 Å². The maximum Gasteiger partial charge on any atom is 0.240 e. The van der Waals surface area contributed by atoms with E-state index >= 15 is 0 Å². The van der Waals surface area contributed by atoms with Gasteiger partial charge < -0.3 is 8.99 Å². The summed E-state index contributed by atoms with van der Waals surface area (Å²) < 4.78 is 8.95. The van der Waals surface area contributed by atoms with Gasteiger partial charge in [-0.05, 0) is 15.8 Å². The average Bonchev–Trinajstić information content (AvgIpc) is 3.11. The van der Waals surface area contributed by atoms with E-state index in [1.165, 1.54) is 10.4 Å². The van der Waals surface area contributed by atoms with Gasteiger partial charge in [-0.2, -0.15) is 0 Å². The van der Waals surface area contributed by atoms with Crippen molar-refractivity contribution in [2.45, 2.75) is 33.4 Å². The molecule has 0 saturated carbocycles. The van der Waals surface area contributed by atoms with E-state index in [-0.39, 0.29) is 11.5 Å². The first-order valence-electron chi connectivity index (χ1n) is 9.37. The highest BCUT2D eigenvalue weighted by Crippen LogP contribution is 2.35. The molecule has 1 atom stereocenters. The largest absolute Gasteiger partial charge is 0.402 e. The van der Waals surface area contributed by atoms with Crippen molar-refractivity contribution in [3.8, 4) is 0 Å². The van der Waals surface area contributed by atoms with Crippen LogP contribution < -0.4 is 10.4 Å². The van der Waals surface area contributed by atoms with Crippen molar-refractivity contribution in [2.24, 2.45) is 5.41 Å². The summed E-state index contributed by atoms with van der Waals surface area (Å²) in [6, 6.07) is 21.2. The molecule has 0 aliphatic heterocycles. The minimum atomic E-state index is -1.85. The van der Waals surface area contributed by atoms with Crippen molar-refractivity contribution in [2.75, 3.05) is 0 Å². The lowest BCUT2D eigenvalue weighted by Gasteiger charge is -2.33. The van der Waals surface area contributed by atoms with Crippen LogP contribution in [0.25, 0.3) is 0 Å². The van der Waals surface area contributed by atoms with Gasteiger partial charge in [0.15, 0.2) is 0 Å². The molecule has 27 heavy (non-hydrogen) atoms. The predicted molar refractivity (Wildman–Crippen MR) is 115 cm³/mol. The summed E-state index contributed by atoms with van der Waals surface area (Å²) in [6.07, 6.45) is 5.74. The van der Waals surface area contributed by atoms with Crippen LogP contribution in [-0.2, 0) is 11.0 Å². The summed E-state index contributed by atoms with van der Waals surface area (Å²) in [5.41, 5.74) is 0.913. The van der Waals surface area contributed by atoms with E-state index in [4.69, 9.17) is 4.43 Å². The third-order valence-electron chi connectivity index (χ3n) is 4.53. The second kappa shape index (κ2) is 8.50. The Balaban J connectivity index is 1.98. The van der Waals surface area contributed by atoms with Crippen LogP contribution in [0.5, 0.6) is 0 Å². The third kappa shape index (κ3) is 4.84. The molecule has 4 heteroatoms. The van der Waals surface area contributed by atoms with Gasteiger partial charge in [-0.15, -0.1) is 6.58 Å². The van der Waals surface area contributed by atoms with E-state index in [1.54, 1.807) is 0 Å². The van der Waals surface area contributed by atoms with Crippen LogP contribution in [0.15, 0.2) is 85.8 Å². The summed E-state index contributed by atoms with van der Waals surface area (Å²) in [5.74, 6) is 0. The topological polar surface area (TPSA) is 27.1 Å². The van der Waals surface area contributed by atoms with Crippen molar-refractivity contribution in [1.82, 2.24) is 9.55 Å². The Bertz CT molecular complexity index is 813. The zero-order valence-corrected chi connectivity index (χ0v) is 17.5. The highest BCUT2D eigenvalue weighted by atomic mass is 28.3. The zero-order chi connectivity index (χ0) is 19.3. The molecule has 0 radical (unpaired) electrons. The summed E-state index contributed by atoms with van der Waals surface area (Å²) in [5, 5.41) is 2.56. The maximum absolute atomic E-state index is 6.90. The molecule has 0 amide bonds. The SMILES string of the molecule is C=CCn1cnc(C(O[SiH](c2ccccc2)c2ccccc2)C(C)(C)C)c1. The van der Waals surface area contributed by atoms with Crippen LogP contribution >= 0.6 is 0 Å². The first-order valence-corrected chi connectivity index (χ1v) is 11.0. The fourth-order valence-electron chi connectivity index (χ4n) is 3.22. The first kappa shape index (κ1) is 19.3. The molecule has 1 aromatic heterocycles. The van der Waals surface area contributed by atoms with Crippen molar-refractivity contribution < 1.29 is 4.43 Å². The number of aromatic nitrogens is 2. The monoisotopic (exact) mass is 376 g/mol. The summed E-state index contributed by atoms with van der Waals surface area (Å²) >= 11 is 0. The third-order valence-corrected chi connectivity index (χ3v) is 7.05. The molecule has 3 aromatic rings. The van der Waals surface area contributed by atoms with Crippen molar-refractivity contribution in [1.29, 1.82) is 0 Å². The molecule has 0 bridgehead atoms. The number of imidazole rings is 1. The molecule has 0 spiro atoms. The standard InChI is InChI=1S/C23H28N2OSi/c1-5-16-25-17-21(24-18-25)22(23(2,3)4)26-27(19-12-8-6-9-13-19)20-14-10-7-11-15-20/h5-15,17-18,22,27H,1,16H2,2-4H3. The smallest absolute Gasteiger partial charge is 0.240 e. The summed E-state index contributed by atoms with van der Waals surface area (Å²) in [7, 11) is -1.85. The average molecular weight is 377 g/mol. The molecule has 1 unspecified atom stereocenters. The lowest BCUT2D eigenvalue weighted by atomic mass is 9.87. The van der Waals surface area contributed by atoms with Crippen molar-refractivity contribution >= 4 is 19.4 Å². The van der Waals surface area contributed by atoms with Crippen molar-refractivity contribution in [3.05, 3.63) is 91.5 Å². The number of allylic oxidation sites excluding steroid dienone is 1. The van der Waals surface area contributed by atoms with E-state index < -0.39 is 9.04 Å². The highest BCUT2D eigenvalue weighted by molar-refractivity contribution is 6.80. The number of benzene rings is 2. The Hall–Kier alpha value is -2.43. The number of nitrogens with zero attached hydrogens (tertiary/aromatic N) is 2. The highest BCUT2D eigenvalue weighted by Gasteiger charge is 2.33. The molecule has 0 saturated heterocycles. The zero-order valence-electron chi connectivity index (χ0n) is 16.4. The quantitative estimate of drug-likeness (QED) is 0.464. The predicted octanol–water partition coefficient (Wildman–Crippen LogP) is 3.71. The van der Waals surface area contributed by atoms with Gasteiger partial charge in [0, 0.05) is 12.7 Å². The van der Waals surface area contributed by atoms with Gasteiger partial charge in [0.2, 0.25) is 9.04 Å². The second-order valence-electron chi connectivity index (χ2n) is 7.87. The Labute approximate surface area is 164 Å². The van der Waals surface area contributed by atoms with E-state index in [9.17, 15) is 0 Å². The Morgan fingerprint density at radius 2 is 1.59 bits per heavy atom. The molecular formula is C23H28N2OSi. The molecule has 0 fully saturated rings. The summed E-state index contributed by atoms with van der Waals surface area (Å²) in [6.45, 7) is 11.2. The minimum absolute atomic E-state index is 0.0673. The molecule has 2 aromatic carbocycles. The number of hydrogen-bond donors (Lipinski definition) is 0. The van der Waals surface area contributed by atoms with Crippen LogP contribution in [0.2, 0.25) is 0 Å². The van der Waals surface area contributed by atoms with E-state index in [1.807, 2.05) is 17.0 Å². The molecule has 3 nitrogen and oxygen atoms in total. The number of hydrogen-bond acceptors (Lipinski definition) is 2. The van der Waals surface area contributed by atoms with Crippen molar-refractivity contribution in [3.63, 3.8) is 0 Å². The van der Waals surface area contributed by atoms with Gasteiger partial charge in [0.25, 0.3) is 0 Å². The minimum Gasteiger partial charge on any atom is -0.402 e. The molecule has 1 heterocycles. The molecule has 0 aliphatic rings. The Kier molecular flexibility index (Phi) is 6.09. The molecule has 140 valence electrons. The normalized spacial score (nSPS) is 12.9.